The zero-order chi connectivity index (χ0) is 15.6. The summed E-state index contributed by atoms with van der Waals surface area (Å²) in [5, 5.41) is 10.1. The van der Waals surface area contributed by atoms with E-state index in [4.69, 9.17) is 9.84 Å². The molecule has 0 aromatic carbocycles. The van der Waals surface area contributed by atoms with E-state index in [0.717, 1.165) is 21.7 Å². The van der Waals surface area contributed by atoms with Crippen LogP contribution in [0.15, 0.2) is 15.7 Å². The minimum atomic E-state index is -3.88. The minimum Gasteiger partial charge on any atom is -0.478 e. The Morgan fingerprint density at radius 1 is 1.48 bits per heavy atom. The number of sulfonamides is 1. The van der Waals surface area contributed by atoms with E-state index in [9.17, 15) is 18.0 Å². The maximum atomic E-state index is 12.5. The topological polar surface area (TPSA) is 101 Å². The first-order valence-electron chi connectivity index (χ1n) is 6.35. The lowest BCUT2D eigenvalue weighted by atomic mass is 10.4. The van der Waals surface area contributed by atoms with Gasteiger partial charge in [-0.15, -0.1) is 11.3 Å². The molecule has 0 saturated heterocycles. The van der Waals surface area contributed by atoms with Gasteiger partial charge >= 0.3 is 11.9 Å². The lowest BCUT2D eigenvalue weighted by Crippen LogP contribution is -2.37. The van der Waals surface area contributed by atoms with Crippen molar-refractivity contribution in [3.63, 3.8) is 0 Å². The van der Waals surface area contributed by atoms with Crippen LogP contribution in [-0.4, -0.2) is 49.0 Å². The molecule has 1 aliphatic rings. The smallest absolute Gasteiger partial charge is 0.336 e. The molecule has 0 aliphatic heterocycles. The second-order valence-corrected chi connectivity index (χ2v) is 7.57. The average Bonchev–Trinajstić information content (AvgIpc) is 3.10. The van der Waals surface area contributed by atoms with Crippen molar-refractivity contribution in [2.24, 2.45) is 0 Å². The van der Waals surface area contributed by atoms with Crippen LogP contribution in [0, 0.1) is 0 Å². The van der Waals surface area contributed by atoms with E-state index >= 15 is 0 Å². The minimum absolute atomic E-state index is 0.0731. The van der Waals surface area contributed by atoms with Crippen molar-refractivity contribution in [3.8, 4) is 0 Å². The Bertz CT molecular complexity index is 646. The number of carbonyl (C=O) groups is 2. The van der Waals surface area contributed by atoms with Gasteiger partial charge in [0, 0.05) is 11.4 Å². The number of aromatic carboxylic acids is 1. The largest absolute Gasteiger partial charge is 0.478 e. The molecule has 7 nitrogen and oxygen atoms in total. The van der Waals surface area contributed by atoms with Gasteiger partial charge in [-0.2, -0.15) is 4.31 Å². The molecule has 1 heterocycles. The highest BCUT2D eigenvalue weighted by Gasteiger charge is 2.40. The van der Waals surface area contributed by atoms with Gasteiger partial charge in [-0.25, -0.2) is 13.2 Å². The van der Waals surface area contributed by atoms with E-state index in [1.54, 1.807) is 6.92 Å². The maximum Gasteiger partial charge on any atom is 0.336 e. The molecule has 0 unspecified atom stereocenters. The van der Waals surface area contributed by atoms with E-state index in [1.807, 2.05) is 0 Å². The summed E-state index contributed by atoms with van der Waals surface area (Å²) in [5.41, 5.74) is -0.0783. The number of hydrogen-bond donors (Lipinski definition) is 1. The molecule has 1 saturated carbocycles. The number of nitrogens with zero attached hydrogens (tertiary/aromatic N) is 1. The number of thiophene rings is 1. The molecule has 1 N–H and O–H groups in total. The molecule has 9 heteroatoms. The molecule has 116 valence electrons. The molecule has 21 heavy (non-hydrogen) atoms. The average molecular weight is 333 g/mol. The van der Waals surface area contributed by atoms with Crippen LogP contribution in [0.2, 0.25) is 0 Å². The summed E-state index contributed by atoms with van der Waals surface area (Å²) >= 11 is 0.836. The number of ether oxygens (including phenoxy) is 1. The molecule has 2 rings (SSSR count). The normalized spacial score (nSPS) is 15.1. The Morgan fingerprint density at radius 3 is 2.62 bits per heavy atom. The van der Waals surface area contributed by atoms with Crippen LogP contribution in [0.5, 0.6) is 0 Å². The Morgan fingerprint density at radius 2 is 2.14 bits per heavy atom. The van der Waals surface area contributed by atoms with Crippen LogP contribution in [0.4, 0.5) is 0 Å². The summed E-state index contributed by atoms with van der Waals surface area (Å²) in [4.78, 5) is 22.4. The van der Waals surface area contributed by atoms with Crippen molar-refractivity contribution in [1.29, 1.82) is 0 Å². The Kier molecular flexibility index (Phi) is 4.64. The second kappa shape index (κ2) is 6.12. The van der Waals surface area contributed by atoms with Crippen molar-refractivity contribution in [2.45, 2.75) is 30.0 Å². The van der Waals surface area contributed by atoms with Gasteiger partial charge in [0.15, 0.2) is 0 Å². The molecule has 0 bridgehead atoms. The molecule has 0 radical (unpaired) electrons. The van der Waals surface area contributed by atoms with Gasteiger partial charge in [-0.1, -0.05) is 0 Å². The van der Waals surface area contributed by atoms with E-state index in [-0.39, 0.29) is 29.0 Å². The first-order valence-corrected chi connectivity index (χ1v) is 8.67. The highest BCUT2D eigenvalue weighted by atomic mass is 32.2. The fourth-order valence-corrected chi connectivity index (χ4v) is 4.70. The predicted octanol–water partition coefficient (Wildman–Crippen LogP) is 1.16. The van der Waals surface area contributed by atoms with Crippen molar-refractivity contribution >= 4 is 33.3 Å². The zero-order valence-electron chi connectivity index (χ0n) is 11.3. The van der Waals surface area contributed by atoms with Gasteiger partial charge in [-0.3, -0.25) is 4.79 Å². The van der Waals surface area contributed by atoms with Gasteiger partial charge in [-0.05, 0) is 25.8 Å². The molecule has 1 aromatic rings. The Labute approximate surface area is 126 Å². The van der Waals surface area contributed by atoms with Crippen LogP contribution >= 0.6 is 11.3 Å². The van der Waals surface area contributed by atoms with Crippen LogP contribution in [-0.2, 0) is 19.6 Å². The number of hydrogen-bond acceptors (Lipinski definition) is 6. The van der Waals surface area contributed by atoms with E-state index in [0.29, 0.717) is 12.8 Å². The fraction of sp³-hybridized carbons (Fsp3) is 0.500. The molecule has 0 spiro atoms. The molecule has 0 amide bonds. The SMILES string of the molecule is CCOC(=O)CN(C1CC1)S(=O)(=O)c1cc(C(=O)O)cs1. The standard InChI is InChI=1S/C12H15NO6S2/c1-2-19-10(14)6-13(9-3-4-9)21(17,18)11-5-8(7-20-11)12(15)16/h5,7,9H,2-4,6H2,1H3,(H,15,16). The fourth-order valence-electron chi connectivity index (χ4n) is 1.79. The van der Waals surface area contributed by atoms with Gasteiger partial charge in [0.25, 0.3) is 10.0 Å². The third-order valence-electron chi connectivity index (χ3n) is 2.93. The summed E-state index contributed by atoms with van der Waals surface area (Å²) in [7, 11) is -3.88. The van der Waals surface area contributed by atoms with Crippen LogP contribution in [0.25, 0.3) is 0 Å². The number of carboxylic acids is 1. The first kappa shape index (κ1) is 15.9. The molecular weight excluding hydrogens is 318 g/mol. The summed E-state index contributed by atoms with van der Waals surface area (Å²) in [6, 6.07) is 0.901. The van der Waals surface area contributed by atoms with E-state index in [2.05, 4.69) is 0 Å². The third-order valence-corrected chi connectivity index (χ3v) is 6.24. The Hall–Kier alpha value is -1.45. The van der Waals surface area contributed by atoms with Crippen LogP contribution in [0.1, 0.15) is 30.1 Å². The van der Waals surface area contributed by atoms with Crippen molar-refractivity contribution < 1.29 is 27.9 Å². The lowest BCUT2D eigenvalue weighted by molar-refractivity contribution is -0.143. The molecular formula is C12H15NO6S2. The Balaban J connectivity index is 2.24. The highest BCUT2D eigenvalue weighted by molar-refractivity contribution is 7.91. The van der Waals surface area contributed by atoms with Gasteiger partial charge in [0.05, 0.1) is 12.2 Å². The van der Waals surface area contributed by atoms with Gasteiger partial charge in [0.1, 0.15) is 10.8 Å². The summed E-state index contributed by atoms with van der Waals surface area (Å²) in [6.45, 7) is 1.48. The zero-order valence-corrected chi connectivity index (χ0v) is 12.9. The molecule has 0 atom stereocenters. The first-order chi connectivity index (χ1) is 9.86. The maximum absolute atomic E-state index is 12.5. The van der Waals surface area contributed by atoms with Gasteiger partial charge in [0.2, 0.25) is 0 Å². The number of rotatable bonds is 7. The van der Waals surface area contributed by atoms with Crippen LogP contribution < -0.4 is 0 Å². The quantitative estimate of drug-likeness (QED) is 0.752. The summed E-state index contributed by atoms with van der Waals surface area (Å²) in [5.74, 6) is -1.79. The summed E-state index contributed by atoms with van der Waals surface area (Å²) in [6.07, 6.45) is 1.38. The number of carbonyl (C=O) groups excluding carboxylic acids is 1. The number of carboxylic acid groups (broad SMARTS) is 1. The van der Waals surface area contributed by atoms with Crippen LogP contribution in [0.3, 0.4) is 0 Å². The highest BCUT2D eigenvalue weighted by Crippen LogP contribution is 2.33. The lowest BCUT2D eigenvalue weighted by Gasteiger charge is -2.19. The van der Waals surface area contributed by atoms with E-state index in [1.165, 1.54) is 5.38 Å². The van der Waals surface area contributed by atoms with Gasteiger partial charge < -0.3 is 9.84 Å². The molecule has 1 aromatic heterocycles. The third kappa shape index (κ3) is 3.60. The second-order valence-electron chi connectivity index (χ2n) is 4.55. The van der Waals surface area contributed by atoms with Crippen molar-refractivity contribution in [3.05, 3.63) is 17.0 Å². The van der Waals surface area contributed by atoms with Crippen molar-refractivity contribution in [2.75, 3.05) is 13.2 Å². The monoisotopic (exact) mass is 333 g/mol. The number of esters is 1. The van der Waals surface area contributed by atoms with Crippen molar-refractivity contribution in [1.82, 2.24) is 4.31 Å². The predicted molar refractivity (Wildman–Crippen MR) is 74.8 cm³/mol. The summed E-state index contributed by atoms with van der Waals surface area (Å²) < 4.78 is 30.9. The molecule has 1 fully saturated rings. The van der Waals surface area contributed by atoms with E-state index < -0.39 is 22.0 Å². The molecule has 1 aliphatic carbocycles.